The number of nitrogens with zero attached hydrogens (tertiary/aromatic N) is 1. The maximum absolute atomic E-state index is 5.70. The highest BCUT2D eigenvalue weighted by molar-refractivity contribution is 7.14. The van der Waals surface area contributed by atoms with Crippen LogP contribution in [0, 0.1) is 0 Å². The highest BCUT2D eigenvalue weighted by Crippen LogP contribution is 2.20. The van der Waals surface area contributed by atoms with E-state index in [2.05, 4.69) is 10.3 Å². The smallest absolute Gasteiger partial charge is 0.184 e. The third-order valence-electron chi connectivity index (χ3n) is 1.68. The van der Waals surface area contributed by atoms with Crippen molar-refractivity contribution in [1.29, 1.82) is 0 Å². The largest absolute Gasteiger partial charge is 0.374 e. The van der Waals surface area contributed by atoms with E-state index in [0.29, 0.717) is 11.8 Å². The topological polar surface area (TPSA) is 34.1 Å². The summed E-state index contributed by atoms with van der Waals surface area (Å²) in [5.74, 6) is 0. The van der Waals surface area contributed by atoms with E-state index < -0.39 is 0 Å². The van der Waals surface area contributed by atoms with Crippen molar-refractivity contribution < 1.29 is 4.74 Å². The summed E-state index contributed by atoms with van der Waals surface area (Å²) < 4.78 is 5.54. The first-order valence-corrected chi connectivity index (χ1v) is 5.78. The molecule has 0 aliphatic carbocycles. The van der Waals surface area contributed by atoms with Crippen LogP contribution in [0.4, 0.5) is 5.13 Å². The lowest BCUT2D eigenvalue weighted by molar-refractivity contribution is 0.000696. The van der Waals surface area contributed by atoms with Crippen molar-refractivity contribution >= 4 is 28.1 Å². The fraction of sp³-hybridized carbons (Fsp3) is 0.667. The number of anilines is 1. The van der Waals surface area contributed by atoms with Gasteiger partial charge in [0.25, 0.3) is 0 Å². The van der Waals surface area contributed by atoms with Crippen LogP contribution >= 0.6 is 22.9 Å². The summed E-state index contributed by atoms with van der Waals surface area (Å²) in [6.07, 6.45) is 0. The Morgan fingerprint density at radius 2 is 2.36 bits per heavy atom. The van der Waals surface area contributed by atoms with E-state index in [-0.39, 0.29) is 5.60 Å². The molecular weight excluding hydrogens is 220 g/mol. The van der Waals surface area contributed by atoms with Crippen molar-refractivity contribution in [2.24, 2.45) is 0 Å². The quantitative estimate of drug-likeness (QED) is 0.851. The molecule has 0 bridgehead atoms. The number of rotatable bonds is 5. The van der Waals surface area contributed by atoms with E-state index in [1.807, 2.05) is 20.8 Å². The van der Waals surface area contributed by atoms with Gasteiger partial charge < -0.3 is 10.1 Å². The van der Waals surface area contributed by atoms with Crippen LogP contribution in [0.15, 0.2) is 5.38 Å². The second-order valence-electron chi connectivity index (χ2n) is 3.52. The zero-order chi connectivity index (χ0) is 10.6. The van der Waals surface area contributed by atoms with Crippen molar-refractivity contribution in [2.45, 2.75) is 26.4 Å². The minimum Gasteiger partial charge on any atom is -0.374 e. The van der Waals surface area contributed by atoms with Gasteiger partial charge in [0.05, 0.1) is 5.60 Å². The Labute approximate surface area is 93.4 Å². The Kier molecular flexibility index (Phi) is 4.16. The molecule has 80 valence electrons. The van der Waals surface area contributed by atoms with Gasteiger partial charge in [-0.2, -0.15) is 0 Å². The molecule has 1 rings (SSSR count). The van der Waals surface area contributed by atoms with Gasteiger partial charge in [0, 0.05) is 18.5 Å². The van der Waals surface area contributed by atoms with Crippen LogP contribution in [0.1, 0.15) is 20.8 Å². The van der Waals surface area contributed by atoms with E-state index in [0.717, 1.165) is 11.7 Å². The molecule has 0 radical (unpaired) electrons. The molecule has 0 saturated heterocycles. The molecule has 0 saturated carbocycles. The van der Waals surface area contributed by atoms with Crippen LogP contribution in [0.5, 0.6) is 0 Å². The van der Waals surface area contributed by atoms with E-state index in [1.165, 1.54) is 11.3 Å². The van der Waals surface area contributed by atoms with Crippen LogP contribution in [-0.2, 0) is 4.74 Å². The summed E-state index contributed by atoms with van der Waals surface area (Å²) in [7, 11) is 0. The lowest BCUT2D eigenvalue weighted by Gasteiger charge is -2.24. The summed E-state index contributed by atoms with van der Waals surface area (Å²) in [5.41, 5.74) is -0.174. The van der Waals surface area contributed by atoms with Crippen molar-refractivity contribution in [1.82, 2.24) is 4.98 Å². The van der Waals surface area contributed by atoms with Gasteiger partial charge in [0.1, 0.15) is 5.15 Å². The van der Waals surface area contributed by atoms with Gasteiger partial charge >= 0.3 is 0 Å². The number of hydrogen-bond donors (Lipinski definition) is 1. The van der Waals surface area contributed by atoms with Crippen molar-refractivity contribution in [2.75, 3.05) is 18.5 Å². The summed E-state index contributed by atoms with van der Waals surface area (Å²) in [5, 5.41) is 6.36. The van der Waals surface area contributed by atoms with E-state index in [9.17, 15) is 0 Å². The molecule has 0 atom stereocenters. The van der Waals surface area contributed by atoms with Gasteiger partial charge in [-0.15, -0.1) is 11.3 Å². The van der Waals surface area contributed by atoms with Crippen molar-refractivity contribution in [3.63, 3.8) is 0 Å². The second kappa shape index (κ2) is 4.96. The third kappa shape index (κ3) is 3.82. The molecule has 0 fully saturated rings. The average molecular weight is 235 g/mol. The van der Waals surface area contributed by atoms with Gasteiger partial charge in [-0.1, -0.05) is 11.6 Å². The van der Waals surface area contributed by atoms with Crippen molar-refractivity contribution in [3.05, 3.63) is 10.5 Å². The monoisotopic (exact) mass is 234 g/mol. The molecule has 0 amide bonds. The Hall–Kier alpha value is -0.320. The molecule has 0 unspecified atom stereocenters. The number of thiazole rings is 1. The van der Waals surface area contributed by atoms with Crippen LogP contribution in [0.3, 0.4) is 0 Å². The number of nitrogens with one attached hydrogen (secondary N) is 1. The normalized spacial score (nSPS) is 11.7. The van der Waals surface area contributed by atoms with E-state index in [1.54, 1.807) is 5.38 Å². The summed E-state index contributed by atoms with van der Waals surface area (Å²) in [6, 6.07) is 0. The van der Waals surface area contributed by atoms with Crippen LogP contribution < -0.4 is 5.32 Å². The van der Waals surface area contributed by atoms with Crippen molar-refractivity contribution in [3.8, 4) is 0 Å². The predicted molar refractivity (Wildman–Crippen MR) is 61.3 cm³/mol. The fourth-order valence-corrected chi connectivity index (χ4v) is 1.90. The first kappa shape index (κ1) is 11.8. The Morgan fingerprint density at radius 1 is 1.64 bits per heavy atom. The molecule has 1 heterocycles. The molecule has 1 N–H and O–H groups in total. The average Bonchev–Trinajstić information content (AvgIpc) is 2.48. The maximum Gasteiger partial charge on any atom is 0.184 e. The summed E-state index contributed by atoms with van der Waals surface area (Å²) >= 11 is 7.20. The lowest BCUT2D eigenvalue weighted by Crippen LogP contribution is -2.33. The van der Waals surface area contributed by atoms with Gasteiger partial charge in [-0.3, -0.25) is 0 Å². The molecule has 0 aliphatic rings. The molecule has 0 aliphatic heterocycles. The molecule has 0 aromatic carbocycles. The van der Waals surface area contributed by atoms with Gasteiger partial charge in [0.2, 0.25) is 0 Å². The number of ether oxygens (including phenoxy) is 1. The zero-order valence-corrected chi connectivity index (χ0v) is 10.2. The third-order valence-corrected chi connectivity index (χ3v) is 2.80. The Morgan fingerprint density at radius 3 is 2.86 bits per heavy atom. The first-order chi connectivity index (χ1) is 6.53. The lowest BCUT2D eigenvalue weighted by atomic mass is 10.1. The number of hydrogen-bond acceptors (Lipinski definition) is 4. The fourth-order valence-electron chi connectivity index (χ4n) is 1.07. The standard InChI is InChI=1S/C9H15ClN2OS/c1-4-13-9(2,3)6-11-8-12-7(10)5-14-8/h5H,4,6H2,1-3H3,(H,11,12). The van der Waals surface area contributed by atoms with E-state index >= 15 is 0 Å². The number of aromatic nitrogens is 1. The molecule has 1 aromatic rings. The molecule has 0 spiro atoms. The summed E-state index contributed by atoms with van der Waals surface area (Å²) in [4.78, 5) is 4.09. The van der Waals surface area contributed by atoms with Crippen LogP contribution in [-0.4, -0.2) is 23.7 Å². The minimum atomic E-state index is -0.174. The first-order valence-electron chi connectivity index (χ1n) is 4.52. The van der Waals surface area contributed by atoms with Crippen LogP contribution in [0.2, 0.25) is 5.15 Å². The van der Waals surface area contributed by atoms with Gasteiger partial charge in [-0.05, 0) is 20.8 Å². The van der Waals surface area contributed by atoms with Gasteiger partial charge in [0.15, 0.2) is 5.13 Å². The van der Waals surface area contributed by atoms with Gasteiger partial charge in [-0.25, -0.2) is 4.98 Å². The molecular formula is C9H15ClN2OS. The second-order valence-corrected chi connectivity index (χ2v) is 4.77. The minimum absolute atomic E-state index is 0.174. The molecule has 1 aromatic heterocycles. The highest BCUT2D eigenvalue weighted by atomic mass is 35.5. The predicted octanol–water partition coefficient (Wildman–Crippen LogP) is 3.02. The SMILES string of the molecule is CCOC(C)(C)CNc1nc(Cl)cs1. The Balaban J connectivity index is 2.40. The Bertz CT molecular complexity index is 288. The molecule has 14 heavy (non-hydrogen) atoms. The number of halogens is 1. The summed E-state index contributed by atoms with van der Waals surface area (Å²) in [6.45, 7) is 7.51. The maximum atomic E-state index is 5.70. The molecule has 3 nitrogen and oxygen atoms in total. The molecule has 5 heteroatoms. The zero-order valence-electron chi connectivity index (χ0n) is 8.63. The van der Waals surface area contributed by atoms with E-state index in [4.69, 9.17) is 16.3 Å². The van der Waals surface area contributed by atoms with Crippen LogP contribution in [0.25, 0.3) is 0 Å². The highest BCUT2D eigenvalue weighted by Gasteiger charge is 2.17.